The molecule has 1 unspecified atom stereocenters. The molecule has 0 radical (unpaired) electrons. The predicted octanol–water partition coefficient (Wildman–Crippen LogP) is 4.50. The van der Waals surface area contributed by atoms with Crippen molar-refractivity contribution in [2.24, 2.45) is 10.6 Å². The van der Waals surface area contributed by atoms with Gasteiger partial charge in [-0.2, -0.15) is 0 Å². The van der Waals surface area contributed by atoms with E-state index in [2.05, 4.69) is 0 Å². The molecule has 10 heteroatoms. The number of ketones is 2. The first-order chi connectivity index (χ1) is 17.4. The van der Waals surface area contributed by atoms with Crippen molar-refractivity contribution in [3.8, 4) is 0 Å². The lowest BCUT2D eigenvalue weighted by molar-refractivity contribution is -0.384. The number of benzene rings is 2. The summed E-state index contributed by atoms with van der Waals surface area (Å²) in [7, 11) is -3.89. The van der Waals surface area contributed by atoms with Crippen LogP contribution in [0.2, 0.25) is 0 Å². The Balaban J connectivity index is 1.76. The quantitative estimate of drug-likeness (QED) is 0.461. The van der Waals surface area contributed by atoms with Gasteiger partial charge < -0.3 is 4.90 Å². The topological polar surface area (TPSA) is 141 Å². The molecule has 0 spiro atoms. The van der Waals surface area contributed by atoms with E-state index in [4.69, 9.17) is 5.14 Å². The van der Waals surface area contributed by atoms with Crippen molar-refractivity contribution in [2.45, 2.75) is 56.8 Å². The van der Waals surface area contributed by atoms with E-state index in [0.717, 1.165) is 11.4 Å². The van der Waals surface area contributed by atoms with Crippen LogP contribution in [0.5, 0.6) is 0 Å². The molecule has 3 aliphatic rings. The van der Waals surface area contributed by atoms with Crippen molar-refractivity contribution >= 4 is 33.0 Å². The smallest absolute Gasteiger partial charge is 0.269 e. The molecule has 9 nitrogen and oxygen atoms in total. The van der Waals surface area contributed by atoms with E-state index >= 15 is 0 Å². The molecular weight excluding hydrogens is 494 g/mol. The van der Waals surface area contributed by atoms with Gasteiger partial charge in [0.2, 0.25) is 10.0 Å². The van der Waals surface area contributed by atoms with Gasteiger partial charge in [0.15, 0.2) is 11.6 Å². The molecule has 1 atom stereocenters. The average molecular weight is 522 g/mol. The zero-order valence-corrected chi connectivity index (χ0v) is 21.4. The van der Waals surface area contributed by atoms with Gasteiger partial charge in [-0.3, -0.25) is 19.7 Å². The average Bonchev–Trinajstić information content (AvgIpc) is 2.82. The van der Waals surface area contributed by atoms with Gasteiger partial charge in [0.25, 0.3) is 5.69 Å². The normalized spacial score (nSPS) is 21.6. The van der Waals surface area contributed by atoms with E-state index in [9.17, 15) is 28.1 Å². The molecule has 0 saturated carbocycles. The Labute approximate surface area is 214 Å². The summed E-state index contributed by atoms with van der Waals surface area (Å²) in [6.07, 6.45) is 2.48. The van der Waals surface area contributed by atoms with Crippen molar-refractivity contribution in [3.63, 3.8) is 0 Å². The summed E-state index contributed by atoms with van der Waals surface area (Å²) in [5.74, 6) is -0.729. The molecule has 2 aliphatic carbocycles. The highest BCUT2D eigenvalue weighted by Crippen LogP contribution is 2.53. The minimum absolute atomic E-state index is 0.0276. The number of hydrogen-bond donors (Lipinski definition) is 1. The fourth-order valence-electron chi connectivity index (χ4n) is 5.76. The van der Waals surface area contributed by atoms with Crippen LogP contribution >= 0.6 is 0 Å². The number of nitro benzene ring substituents is 1. The second-order valence-electron chi connectivity index (χ2n) is 10.6. The van der Waals surface area contributed by atoms with Gasteiger partial charge in [0.05, 0.1) is 9.82 Å². The Hall–Kier alpha value is -3.63. The number of nitrogens with two attached hydrogens (primary N) is 1. The molecular formula is C27H27N3O6S. The van der Waals surface area contributed by atoms with Crippen LogP contribution in [-0.4, -0.2) is 24.9 Å². The summed E-state index contributed by atoms with van der Waals surface area (Å²) >= 11 is 0. The van der Waals surface area contributed by atoms with Crippen LogP contribution in [0, 0.1) is 15.5 Å². The van der Waals surface area contributed by atoms with E-state index in [1.165, 1.54) is 24.3 Å². The molecule has 0 fully saturated rings. The highest BCUT2D eigenvalue weighted by Gasteiger charge is 2.47. The Kier molecular flexibility index (Phi) is 5.91. The number of hydrogen-bond acceptors (Lipinski definition) is 7. The highest BCUT2D eigenvalue weighted by atomic mass is 32.2. The second-order valence-corrected chi connectivity index (χ2v) is 12.2. The first kappa shape index (κ1) is 25.0. The number of rotatable bonds is 4. The number of carbonyl (C=O) groups excluding carboxylic acids is 2. The van der Waals surface area contributed by atoms with Gasteiger partial charge in [0.1, 0.15) is 0 Å². The fourth-order valence-corrected chi connectivity index (χ4v) is 6.28. The third-order valence-corrected chi connectivity index (χ3v) is 8.23. The summed E-state index contributed by atoms with van der Waals surface area (Å²) in [6, 6.07) is 12.2. The zero-order chi connectivity index (χ0) is 26.7. The van der Waals surface area contributed by atoms with Gasteiger partial charge in [-0.25, -0.2) is 13.6 Å². The van der Waals surface area contributed by atoms with Crippen LogP contribution in [0.25, 0.3) is 0 Å². The molecule has 2 aromatic carbocycles. The number of primary sulfonamides is 1. The molecule has 1 aliphatic heterocycles. The third kappa shape index (κ3) is 4.40. The lowest BCUT2D eigenvalue weighted by Gasteiger charge is -2.47. The molecule has 2 aromatic rings. The number of non-ortho nitro benzene ring substituents is 1. The largest absolute Gasteiger partial charge is 0.317 e. The number of Topliss-reactive ketones (excluding diaryl/α,β-unsaturated/α-hetero) is 2. The highest BCUT2D eigenvalue weighted by molar-refractivity contribution is 7.89. The Morgan fingerprint density at radius 1 is 0.919 bits per heavy atom. The van der Waals surface area contributed by atoms with Gasteiger partial charge >= 0.3 is 0 Å². The van der Waals surface area contributed by atoms with Gasteiger partial charge in [-0.1, -0.05) is 26.0 Å². The first-order valence-corrected chi connectivity index (χ1v) is 13.6. The van der Waals surface area contributed by atoms with E-state index < -0.39 is 20.9 Å². The molecule has 37 heavy (non-hydrogen) atoms. The number of anilines is 1. The summed E-state index contributed by atoms with van der Waals surface area (Å²) in [5.41, 5.74) is 3.54. The van der Waals surface area contributed by atoms with E-state index in [1.807, 2.05) is 18.7 Å². The number of carbonyl (C=O) groups is 2. The maximum absolute atomic E-state index is 13.7. The lowest BCUT2D eigenvalue weighted by Crippen LogP contribution is -2.42. The molecule has 0 aromatic heterocycles. The molecule has 0 amide bonds. The summed E-state index contributed by atoms with van der Waals surface area (Å²) in [4.78, 5) is 39.8. The fraction of sp³-hybridized carbons (Fsp3) is 0.333. The van der Waals surface area contributed by atoms with E-state index in [-0.39, 0.29) is 27.6 Å². The van der Waals surface area contributed by atoms with Crippen LogP contribution in [0.4, 0.5) is 11.4 Å². The first-order valence-electron chi connectivity index (χ1n) is 12.1. The van der Waals surface area contributed by atoms with Crippen molar-refractivity contribution in [1.29, 1.82) is 0 Å². The summed E-state index contributed by atoms with van der Waals surface area (Å²) < 4.78 is 23.7. The van der Waals surface area contributed by atoms with Gasteiger partial charge in [-0.15, -0.1) is 0 Å². The van der Waals surface area contributed by atoms with E-state index in [1.54, 1.807) is 24.3 Å². The molecule has 0 saturated heterocycles. The molecule has 0 bridgehead atoms. The van der Waals surface area contributed by atoms with Crippen LogP contribution in [-0.2, 0) is 19.6 Å². The summed E-state index contributed by atoms with van der Waals surface area (Å²) in [6.45, 7) is 4.04. The van der Waals surface area contributed by atoms with Crippen LogP contribution in [0.15, 0.2) is 76.0 Å². The molecule has 2 N–H and O–H groups in total. The monoisotopic (exact) mass is 521 g/mol. The summed E-state index contributed by atoms with van der Waals surface area (Å²) in [5, 5.41) is 16.5. The predicted molar refractivity (Wildman–Crippen MR) is 137 cm³/mol. The number of allylic oxidation sites excluding steroid dienone is 4. The SMILES string of the molecule is CC1(C)CC(=O)C2=C(C1)N(c1ccc(S(N)(=O)=O)cc1)C1=C(C(=O)CCC1)C2c1ccc([N+](=O)[O-])cc1. The minimum Gasteiger partial charge on any atom is -0.317 e. The number of sulfonamides is 1. The van der Waals surface area contributed by atoms with Gasteiger partial charge in [-0.05, 0) is 54.5 Å². The van der Waals surface area contributed by atoms with Crippen molar-refractivity contribution in [3.05, 3.63) is 86.7 Å². The maximum Gasteiger partial charge on any atom is 0.269 e. The van der Waals surface area contributed by atoms with Crippen LogP contribution in [0.3, 0.4) is 0 Å². The Morgan fingerprint density at radius 2 is 1.54 bits per heavy atom. The number of nitro groups is 1. The molecule has 192 valence electrons. The van der Waals surface area contributed by atoms with Crippen molar-refractivity contribution in [1.82, 2.24) is 0 Å². The standard InChI is InChI=1S/C27H27N3O6S/c1-27(2)14-21-26(23(32)15-27)24(16-6-8-18(9-7-16)30(33)34)25-20(4-3-5-22(25)31)29(21)17-10-12-19(13-11-17)37(28,35)36/h6-13,24H,3-5,14-15H2,1-2H3,(H2,28,35,36). The van der Waals surface area contributed by atoms with Crippen molar-refractivity contribution < 1.29 is 22.9 Å². The molecule has 1 heterocycles. The van der Waals surface area contributed by atoms with Crippen LogP contribution in [0.1, 0.15) is 57.4 Å². The maximum atomic E-state index is 13.7. The Morgan fingerprint density at radius 3 is 2.14 bits per heavy atom. The third-order valence-electron chi connectivity index (χ3n) is 7.30. The minimum atomic E-state index is -3.89. The number of nitrogens with zero attached hydrogens (tertiary/aromatic N) is 2. The van der Waals surface area contributed by atoms with Gasteiger partial charge in [0, 0.05) is 59.1 Å². The molecule has 5 rings (SSSR count). The Bertz CT molecular complexity index is 1500. The van der Waals surface area contributed by atoms with Crippen molar-refractivity contribution in [2.75, 3.05) is 4.90 Å². The second kappa shape index (κ2) is 8.74. The van der Waals surface area contributed by atoms with E-state index in [0.29, 0.717) is 54.5 Å². The van der Waals surface area contributed by atoms with Crippen LogP contribution < -0.4 is 10.0 Å². The zero-order valence-electron chi connectivity index (χ0n) is 20.6. The lowest BCUT2D eigenvalue weighted by atomic mass is 9.66.